The Balaban J connectivity index is 1.30. The number of likely N-dealkylation sites (tertiary alicyclic amines) is 1. The first kappa shape index (κ1) is 25.2. The van der Waals surface area contributed by atoms with Crippen LogP contribution in [0.1, 0.15) is 48.9 Å². The molecule has 1 saturated carbocycles. The molecule has 2 N–H and O–H groups in total. The summed E-state index contributed by atoms with van der Waals surface area (Å²) in [5.41, 5.74) is 0.400. The molecule has 2 aromatic carbocycles. The predicted molar refractivity (Wildman–Crippen MR) is 135 cm³/mol. The zero-order chi connectivity index (χ0) is 24.6. The molecule has 1 aliphatic heterocycles. The SMILES string of the molecule is O=C(N[C@@H]1CCCC[C@H]1NC(=O)[C@@H]1CCCN(C(=O)CSc2ccccc2)C1)c1ccc(F)cc1. The highest BCUT2D eigenvalue weighted by Gasteiger charge is 2.33. The molecule has 0 spiro atoms. The Morgan fingerprint density at radius 2 is 1.57 bits per heavy atom. The monoisotopic (exact) mass is 497 g/mol. The van der Waals surface area contributed by atoms with E-state index in [0.29, 0.717) is 24.4 Å². The number of nitrogens with zero attached hydrogens (tertiary/aromatic N) is 1. The molecule has 8 heteroatoms. The van der Waals surface area contributed by atoms with Gasteiger partial charge in [0, 0.05) is 35.6 Å². The maximum Gasteiger partial charge on any atom is 0.251 e. The Labute approximate surface area is 210 Å². The van der Waals surface area contributed by atoms with Crippen LogP contribution in [-0.2, 0) is 9.59 Å². The number of rotatable bonds is 7. The number of amides is 3. The minimum absolute atomic E-state index is 0.0499. The number of halogens is 1. The second kappa shape index (κ2) is 12.2. The average molecular weight is 498 g/mol. The number of thioether (sulfide) groups is 1. The van der Waals surface area contributed by atoms with E-state index in [2.05, 4.69) is 10.6 Å². The van der Waals surface area contributed by atoms with Crippen molar-refractivity contribution in [2.75, 3.05) is 18.8 Å². The van der Waals surface area contributed by atoms with Gasteiger partial charge in [-0.15, -0.1) is 11.8 Å². The van der Waals surface area contributed by atoms with Gasteiger partial charge in [0.2, 0.25) is 11.8 Å². The van der Waals surface area contributed by atoms with Crippen LogP contribution in [0, 0.1) is 11.7 Å². The predicted octanol–water partition coefficient (Wildman–Crippen LogP) is 4.01. The van der Waals surface area contributed by atoms with Crippen LogP contribution in [0.2, 0.25) is 0 Å². The Kier molecular flexibility index (Phi) is 8.79. The summed E-state index contributed by atoms with van der Waals surface area (Å²) in [7, 11) is 0. The van der Waals surface area contributed by atoms with E-state index in [-0.39, 0.29) is 41.5 Å². The Bertz CT molecular complexity index is 1020. The van der Waals surface area contributed by atoms with Gasteiger partial charge in [-0.25, -0.2) is 4.39 Å². The minimum atomic E-state index is -0.386. The van der Waals surface area contributed by atoms with Gasteiger partial charge in [0.15, 0.2) is 0 Å². The zero-order valence-electron chi connectivity index (χ0n) is 19.8. The summed E-state index contributed by atoms with van der Waals surface area (Å²) in [6.45, 7) is 1.11. The van der Waals surface area contributed by atoms with Crippen molar-refractivity contribution in [3.63, 3.8) is 0 Å². The molecule has 2 aliphatic rings. The molecule has 6 nitrogen and oxygen atoms in total. The van der Waals surface area contributed by atoms with Gasteiger partial charge in [0.25, 0.3) is 5.91 Å². The summed E-state index contributed by atoms with van der Waals surface area (Å²) in [5, 5.41) is 6.19. The average Bonchev–Trinajstić information content (AvgIpc) is 2.89. The van der Waals surface area contributed by atoms with Crippen LogP contribution in [0.4, 0.5) is 4.39 Å². The van der Waals surface area contributed by atoms with E-state index in [0.717, 1.165) is 43.4 Å². The number of carbonyl (C=O) groups excluding carboxylic acids is 3. The first-order valence-electron chi connectivity index (χ1n) is 12.3. The number of benzene rings is 2. The smallest absolute Gasteiger partial charge is 0.251 e. The number of piperidine rings is 1. The first-order chi connectivity index (χ1) is 17.0. The molecule has 186 valence electrons. The summed E-state index contributed by atoms with van der Waals surface area (Å²) in [4.78, 5) is 41.4. The first-order valence-corrected chi connectivity index (χ1v) is 13.3. The Morgan fingerprint density at radius 1 is 0.886 bits per heavy atom. The van der Waals surface area contributed by atoms with Crippen LogP contribution in [0.5, 0.6) is 0 Å². The molecule has 4 rings (SSSR count). The van der Waals surface area contributed by atoms with Crippen molar-refractivity contribution in [3.05, 3.63) is 66.0 Å². The molecule has 0 bridgehead atoms. The van der Waals surface area contributed by atoms with E-state index in [1.54, 1.807) is 4.90 Å². The lowest BCUT2D eigenvalue weighted by molar-refractivity contribution is -0.134. The van der Waals surface area contributed by atoms with Crippen LogP contribution in [0.15, 0.2) is 59.5 Å². The summed E-state index contributed by atoms with van der Waals surface area (Å²) >= 11 is 1.51. The lowest BCUT2D eigenvalue weighted by Crippen LogP contribution is -2.55. The molecule has 1 heterocycles. The molecule has 2 fully saturated rings. The molecule has 3 amide bonds. The maximum absolute atomic E-state index is 13.2. The van der Waals surface area contributed by atoms with Gasteiger partial charge < -0.3 is 15.5 Å². The van der Waals surface area contributed by atoms with Gasteiger partial charge in [0.05, 0.1) is 11.7 Å². The highest BCUT2D eigenvalue weighted by molar-refractivity contribution is 8.00. The van der Waals surface area contributed by atoms with Gasteiger partial charge in [-0.1, -0.05) is 31.0 Å². The molecule has 0 aromatic heterocycles. The Morgan fingerprint density at radius 3 is 2.29 bits per heavy atom. The van der Waals surface area contributed by atoms with Crippen LogP contribution >= 0.6 is 11.8 Å². The molecular weight excluding hydrogens is 465 g/mol. The van der Waals surface area contributed by atoms with Gasteiger partial charge in [-0.05, 0) is 62.1 Å². The summed E-state index contributed by atoms with van der Waals surface area (Å²) in [5.74, 6) is -0.530. The number of carbonyl (C=O) groups is 3. The fourth-order valence-electron chi connectivity index (χ4n) is 4.80. The third-order valence-corrected chi connectivity index (χ3v) is 7.76. The third-order valence-electron chi connectivity index (χ3n) is 6.77. The molecule has 3 atom stereocenters. The summed E-state index contributed by atoms with van der Waals surface area (Å²) in [6.07, 6.45) is 5.09. The largest absolute Gasteiger partial charge is 0.351 e. The molecule has 0 unspecified atom stereocenters. The van der Waals surface area contributed by atoms with E-state index >= 15 is 0 Å². The molecule has 1 saturated heterocycles. The fraction of sp³-hybridized carbons (Fsp3) is 0.444. The highest BCUT2D eigenvalue weighted by Crippen LogP contribution is 2.23. The van der Waals surface area contributed by atoms with Crippen molar-refractivity contribution in [3.8, 4) is 0 Å². The van der Waals surface area contributed by atoms with E-state index in [1.165, 1.54) is 36.0 Å². The second-order valence-electron chi connectivity index (χ2n) is 9.27. The summed E-state index contributed by atoms with van der Waals surface area (Å²) < 4.78 is 13.2. The van der Waals surface area contributed by atoms with Crippen molar-refractivity contribution >= 4 is 29.5 Å². The van der Waals surface area contributed by atoms with Gasteiger partial charge in [-0.2, -0.15) is 0 Å². The molecule has 1 aliphatic carbocycles. The molecule has 35 heavy (non-hydrogen) atoms. The van der Waals surface area contributed by atoms with Crippen molar-refractivity contribution in [1.82, 2.24) is 15.5 Å². The van der Waals surface area contributed by atoms with E-state index < -0.39 is 0 Å². The summed E-state index contributed by atoms with van der Waals surface area (Å²) in [6, 6.07) is 15.0. The molecule has 2 aromatic rings. The fourth-order valence-corrected chi connectivity index (χ4v) is 5.62. The van der Waals surface area contributed by atoms with E-state index in [1.807, 2.05) is 30.3 Å². The van der Waals surface area contributed by atoms with Gasteiger partial charge in [-0.3, -0.25) is 14.4 Å². The van der Waals surface area contributed by atoms with Crippen molar-refractivity contribution in [2.45, 2.75) is 55.5 Å². The normalized spacial score (nSPS) is 22.3. The van der Waals surface area contributed by atoms with Gasteiger partial charge >= 0.3 is 0 Å². The number of nitrogens with one attached hydrogen (secondary N) is 2. The van der Waals surface area contributed by atoms with Crippen LogP contribution in [0.25, 0.3) is 0 Å². The van der Waals surface area contributed by atoms with Crippen molar-refractivity contribution < 1.29 is 18.8 Å². The van der Waals surface area contributed by atoms with Crippen LogP contribution < -0.4 is 10.6 Å². The van der Waals surface area contributed by atoms with E-state index in [4.69, 9.17) is 0 Å². The lowest BCUT2D eigenvalue weighted by atomic mass is 9.88. The van der Waals surface area contributed by atoms with Gasteiger partial charge in [0.1, 0.15) is 5.82 Å². The van der Waals surface area contributed by atoms with Crippen LogP contribution in [-0.4, -0.2) is 53.5 Å². The van der Waals surface area contributed by atoms with E-state index in [9.17, 15) is 18.8 Å². The van der Waals surface area contributed by atoms with Crippen molar-refractivity contribution in [2.24, 2.45) is 5.92 Å². The number of hydrogen-bond acceptors (Lipinski definition) is 4. The standard InChI is InChI=1S/C27H32FN3O3S/c28-21-14-12-19(13-15-21)26(33)29-23-10-4-5-11-24(23)30-27(34)20-7-6-16-31(17-20)25(32)18-35-22-8-2-1-3-9-22/h1-3,8-9,12-15,20,23-24H,4-7,10-11,16-18H2,(H,29,33)(H,30,34)/t20-,23-,24-/m1/s1. The quantitative estimate of drug-likeness (QED) is 0.567. The number of hydrogen-bond donors (Lipinski definition) is 2. The zero-order valence-corrected chi connectivity index (χ0v) is 20.6. The maximum atomic E-state index is 13.2. The third kappa shape index (κ3) is 7.07. The van der Waals surface area contributed by atoms with Crippen LogP contribution in [0.3, 0.4) is 0 Å². The minimum Gasteiger partial charge on any atom is -0.351 e. The molecule has 0 radical (unpaired) electrons. The molecular formula is C27H32FN3O3S. The topological polar surface area (TPSA) is 78.5 Å². The highest BCUT2D eigenvalue weighted by atomic mass is 32.2. The van der Waals surface area contributed by atoms with Crippen molar-refractivity contribution in [1.29, 1.82) is 0 Å². The second-order valence-corrected chi connectivity index (χ2v) is 10.3. The lowest BCUT2D eigenvalue weighted by Gasteiger charge is -2.36. The Hall–Kier alpha value is -2.87.